The van der Waals surface area contributed by atoms with Crippen molar-refractivity contribution >= 4 is 39.2 Å². The van der Waals surface area contributed by atoms with Gasteiger partial charge in [-0.2, -0.15) is 0 Å². The van der Waals surface area contributed by atoms with E-state index < -0.39 is 0 Å². The quantitative estimate of drug-likeness (QED) is 0.163. The van der Waals surface area contributed by atoms with Crippen molar-refractivity contribution in [2.45, 2.75) is 19.3 Å². The molecule has 0 unspecified atom stereocenters. The molecule has 0 radical (unpaired) electrons. The number of rotatable bonds is 7. The molecule has 0 aromatic heterocycles. The summed E-state index contributed by atoms with van der Waals surface area (Å²) in [6.07, 6.45) is 3.79. The average Bonchev–Trinajstić information content (AvgIpc) is 3.44. The maximum atomic E-state index is 8.80. The predicted octanol–water partition coefficient (Wildman–Crippen LogP) is 13.2. The van der Waals surface area contributed by atoms with Gasteiger partial charge in [0.15, 0.2) is 0 Å². The van der Waals surface area contributed by atoms with Gasteiger partial charge >= 0.3 is 0 Å². The third-order valence-corrected chi connectivity index (χ3v) is 10.8. The molecule has 9 rings (SSSR count). The van der Waals surface area contributed by atoms with Gasteiger partial charge in [0, 0.05) is 22.8 Å². The SMILES string of the molecule is CC1(C)c2cc3ccccc3cc2-c2cccc(-c3cccc(-c4ccc(C=N/C(=C\C(=N)c5ccccc5)c5ccccc5)c5ccccc45)c3)c21. The number of benzene rings is 8. The van der Waals surface area contributed by atoms with Crippen LogP contribution < -0.4 is 0 Å². The summed E-state index contributed by atoms with van der Waals surface area (Å²) in [5.41, 5.74) is 14.2. The zero-order chi connectivity index (χ0) is 35.9. The second-order valence-electron chi connectivity index (χ2n) is 14.4. The summed E-state index contributed by atoms with van der Waals surface area (Å²) < 4.78 is 0. The summed E-state index contributed by atoms with van der Waals surface area (Å²) in [6.45, 7) is 4.74. The van der Waals surface area contributed by atoms with Gasteiger partial charge in [0.25, 0.3) is 0 Å². The largest absolute Gasteiger partial charge is 0.300 e. The van der Waals surface area contributed by atoms with Gasteiger partial charge < -0.3 is 5.41 Å². The summed E-state index contributed by atoms with van der Waals surface area (Å²) in [7, 11) is 0. The molecule has 8 aromatic rings. The summed E-state index contributed by atoms with van der Waals surface area (Å²) in [6, 6.07) is 62.2. The number of allylic oxidation sites excluding steroid dienone is 1. The highest BCUT2D eigenvalue weighted by Crippen LogP contribution is 2.53. The van der Waals surface area contributed by atoms with Crippen LogP contribution in [0.2, 0.25) is 0 Å². The molecule has 0 fully saturated rings. The van der Waals surface area contributed by atoms with Gasteiger partial charge in [-0.05, 0) is 95.9 Å². The van der Waals surface area contributed by atoms with Crippen LogP contribution >= 0.6 is 0 Å². The highest BCUT2D eigenvalue weighted by atomic mass is 14.7. The molecule has 0 saturated heterocycles. The van der Waals surface area contributed by atoms with Crippen molar-refractivity contribution in [1.29, 1.82) is 5.41 Å². The topological polar surface area (TPSA) is 36.2 Å². The van der Waals surface area contributed by atoms with Gasteiger partial charge in [-0.15, -0.1) is 0 Å². The van der Waals surface area contributed by atoms with Crippen LogP contribution in [-0.2, 0) is 5.41 Å². The van der Waals surface area contributed by atoms with Crippen LogP contribution in [0, 0.1) is 5.41 Å². The summed E-state index contributed by atoms with van der Waals surface area (Å²) in [5.74, 6) is 0. The fraction of sp³-hybridized carbons (Fsp3) is 0.0588. The van der Waals surface area contributed by atoms with E-state index in [4.69, 9.17) is 10.4 Å². The Kier molecular flexibility index (Phi) is 8.01. The lowest BCUT2D eigenvalue weighted by Crippen LogP contribution is -2.16. The number of fused-ring (bicyclic) bond motifs is 5. The Morgan fingerprint density at radius 2 is 1.11 bits per heavy atom. The Bertz CT molecular complexity index is 2750. The number of hydrogen-bond donors (Lipinski definition) is 1. The molecule has 8 aromatic carbocycles. The Morgan fingerprint density at radius 1 is 0.509 bits per heavy atom. The number of hydrogen-bond acceptors (Lipinski definition) is 2. The lowest BCUT2D eigenvalue weighted by Gasteiger charge is -2.25. The molecule has 2 nitrogen and oxygen atoms in total. The number of aliphatic imine (C=N–C) groups is 1. The van der Waals surface area contributed by atoms with Crippen LogP contribution in [0.5, 0.6) is 0 Å². The second kappa shape index (κ2) is 13.2. The molecule has 0 amide bonds. The first-order valence-corrected chi connectivity index (χ1v) is 18.2. The fourth-order valence-corrected chi connectivity index (χ4v) is 8.13. The maximum absolute atomic E-state index is 8.80. The molecular weight excluding hydrogens is 641 g/mol. The molecule has 0 heterocycles. The van der Waals surface area contributed by atoms with Crippen LogP contribution in [0.25, 0.3) is 60.6 Å². The lowest BCUT2D eigenvalue weighted by molar-refractivity contribution is 0.663. The third-order valence-electron chi connectivity index (χ3n) is 10.8. The lowest BCUT2D eigenvalue weighted by atomic mass is 9.78. The Hall–Kier alpha value is -6.64. The molecule has 1 aliphatic rings. The average molecular weight is 679 g/mol. The molecule has 0 aliphatic heterocycles. The van der Waals surface area contributed by atoms with E-state index in [9.17, 15) is 0 Å². The predicted molar refractivity (Wildman–Crippen MR) is 225 cm³/mol. The first-order valence-electron chi connectivity index (χ1n) is 18.2. The molecule has 0 bridgehead atoms. The number of nitrogens with zero attached hydrogens (tertiary/aromatic N) is 1. The first kappa shape index (κ1) is 32.3. The number of nitrogens with one attached hydrogen (secondary N) is 1. The standard InChI is InChI=1S/C51H38N2/c1-51(2)47-31-37-20-10-9-19-36(37)30-46(47)45-26-14-25-43(50(45)51)39-22-13-21-38(29-39)42-28-27-40(41-23-11-12-24-44(41)42)33-53-49(35-17-7-4-8-18-35)32-48(52)34-15-5-3-6-16-34/h3-33,52H,1-2H3/b49-32-,52-48?,53-33?. The van der Waals surface area contributed by atoms with Crippen molar-refractivity contribution in [3.8, 4) is 33.4 Å². The second-order valence-corrected chi connectivity index (χ2v) is 14.4. The van der Waals surface area contributed by atoms with Crippen molar-refractivity contribution in [2.24, 2.45) is 4.99 Å². The van der Waals surface area contributed by atoms with Crippen LogP contribution in [0.15, 0.2) is 187 Å². The monoisotopic (exact) mass is 678 g/mol. The summed E-state index contributed by atoms with van der Waals surface area (Å²) >= 11 is 0. The van der Waals surface area contributed by atoms with Crippen molar-refractivity contribution in [3.05, 3.63) is 210 Å². The highest BCUT2D eigenvalue weighted by Gasteiger charge is 2.37. The van der Waals surface area contributed by atoms with Crippen LogP contribution in [0.3, 0.4) is 0 Å². The molecule has 2 heteroatoms. The normalized spacial score (nSPS) is 13.4. The Morgan fingerprint density at radius 3 is 1.87 bits per heavy atom. The minimum Gasteiger partial charge on any atom is -0.300 e. The molecule has 1 N–H and O–H groups in total. The van der Waals surface area contributed by atoms with Crippen LogP contribution in [0.1, 0.15) is 41.7 Å². The molecule has 0 atom stereocenters. The molecular formula is C51H38N2. The van der Waals surface area contributed by atoms with Crippen LogP contribution in [-0.4, -0.2) is 11.9 Å². The van der Waals surface area contributed by atoms with E-state index in [0.717, 1.165) is 27.8 Å². The van der Waals surface area contributed by atoms with Crippen molar-refractivity contribution in [3.63, 3.8) is 0 Å². The van der Waals surface area contributed by atoms with E-state index in [1.165, 1.54) is 60.7 Å². The molecule has 1 aliphatic carbocycles. The van der Waals surface area contributed by atoms with E-state index in [0.29, 0.717) is 5.71 Å². The van der Waals surface area contributed by atoms with E-state index >= 15 is 0 Å². The van der Waals surface area contributed by atoms with Gasteiger partial charge in [-0.1, -0.05) is 172 Å². The minimum absolute atomic E-state index is 0.137. The van der Waals surface area contributed by atoms with Gasteiger partial charge in [-0.3, -0.25) is 4.99 Å². The molecule has 0 saturated carbocycles. The molecule has 252 valence electrons. The fourth-order valence-electron chi connectivity index (χ4n) is 8.13. The van der Waals surface area contributed by atoms with E-state index in [2.05, 4.69) is 129 Å². The van der Waals surface area contributed by atoms with Gasteiger partial charge in [0.05, 0.1) is 11.4 Å². The van der Waals surface area contributed by atoms with E-state index in [-0.39, 0.29) is 5.41 Å². The maximum Gasteiger partial charge on any atom is 0.0723 e. The summed E-state index contributed by atoms with van der Waals surface area (Å²) in [4.78, 5) is 5.01. The van der Waals surface area contributed by atoms with Gasteiger partial charge in [0.2, 0.25) is 0 Å². The minimum atomic E-state index is -0.137. The van der Waals surface area contributed by atoms with Crippen LogP contribution in [0.4, 0.5) is 0 Å². The smallest absolute Gasteiger partial charge is 0.0723 e. The zero-order valence-corrected chi connectivity index (χ0v) is 29.8. The molecule has 0 spiro atoms. The van der Waals surface area contributed by atoms with E-state index in [1.54, 1.807) is 0 Å². The highest BCUT2D eigenvalue weighted by molar-refractivity contribution is 6.12. The zero-order valence-electron chi connectivity index (χ0n) is 29.8. The van der Waals surface area contributed by atoms with Gasteiger partial charge in [0.1, 0.15) is 0 Å². The van der Waals surface area contributed by atoms with Gasteiger partial charge in [-0.25, -0.2) is 0 Å². The van der Waals surface area contributed by atoms with E-state index in [1.807, 2.05) is 73.0 Å². The first-order chi connectivity index (χ1) is 26.0. The summed E-state index contributed by atoms with van der Waals surface area (Å²) in [5, 5.41) is 13.7. The van der Waals surface area contributed by atoms with Crippen molar-refractivity contribution < 1.29 is 0 Å². The van der Waals surface area contributed by atoms with Crippen molar-refractivity contribution in [2.75, 3.05) is 0 Å². The molecule has 53 heavy (non-hydrogen) atoms. The van der Waals surface area contributed by atoms with Crippen molar-refractivity contribution in [1.82, 2.24) is 0 Å². The Balaban J connectivity index is 1.11. The Labute approximate surface area is 311 Å². The third kappa shape index (κ3) is 5.79.